The minimum atomic E-state index is -0.206. The van der Waals surface area contributed by atoms with Crippen LogP contribution in [0.4, 0.5) is 4.39 Å². The van der Waals surface area contributed by atoms with E-state index < -0.39 is 0 Å². The van der Waals surface area contributed by atoms with Gasteiger partial charge in [-0.3, -0.25) is 0 Å². The number of aryl methyl sites for hydroxylation is 1. The molecule has 2 nitrogen and oxygen atoms in total. The summed E-state index contributed by atoms with van der Waals surface area (Å²) in [6.45, 7) is 5.97. The maximum Gasteiger partial charge on any atom is 0.130 e. The largest absolute Gasteiger partial charge is 0.496 e. The maximum atomic E-state index is 14.0. The van der Waals surface area contributed by atoms with Crippen molar-refractivity contribution >= 4 is 0 Å². The highest BCUT2D eigenvalue weighted by atomic mass is 19.1. The van der Waals surface area contributed by atoms with Gasteiger partial charge in [0.1, 0.15) is 11.6 Å². The van der Waals surface area contributed by atoms with Crippen LogP contribution < -0.4 is 10.5 Å². The Morgan fingerprint density at radius 2 is 1.94 bits per heavy atom. The molecule has 0 amide bonds. The SMILES string of the molecule is COc1cc(C)cc(F)c1[C@@H]1[C@@H](N)C1(C)C. The molecule has 0 unspecified atom stereocenters. The molecule has 1 aliphatic rings. The predicted molar refractivity (Wildman–Crippen MR) is 62.2 cm³/mol. The molecule has 0 saturated heterocycles. The van der Waals surface area contributed by atoms with Gasteiger partial charge >= 0.3 is 0 Å². The molecule has 1 fully saturated rings. The standard InChI is InChI=1S/C13H18FNO/c1-7-5-8(14)10(9(6-7)16-4)11-12(15)13(11,2)3/h5-6,11-12H,15H2,1-4H3/t11-,12-/m1/s1. The normalized spacial score (nSPS) is 26.6. The number of hydrogen-bond acceptors (Lipinski definition) is 2. The molecule has 1 aromatic rings. The predicted octanol–water partition coefficient (Wildman–Crippen LogP) is 2.59. The first kappa shape index (κ1) is 11.4. The lowest BCUT2D eigenvalue weighted by Crippen LogP contribution is -2.07. The maximum absolute atomic E-state index is 14.0. The van der Waals surface area contributed by atoms with Crippen molar-refractivity contribution in [2.24, 2.45) is 11.1 Å². The van der Waals surface area contributed by atoms with Crippen molar-refractivity contribution in [3.8, 4) is 5.75 Å². The molecule has 3 heteroatoms. The van der Waals surface area contributed by atoms with Gasteiger partial charge < -0.3 is 10.5 Å². The fourth-order valence-electron chi connectivity index (χ4n) is 2.42. The molecule has 0 aliphatic heterocycles. The molecule has 0 heterocycles. The Kier molecular flexibility index (Phi) is 2.46. The summed E-state index contributed by atoms with van der Waals surface area (Å²) in [5.74, 6) is 0.467. The van der Waals surface area contributed by atoms with Crippen molar-refractivity contribution in [1.82, 2.24) is 0 Å². The third kappa shape index (κ3) is 1.50. The summed E-state index contributed by atoms with van der Waals surface area (Å²) < 4.78 is 19.2. The van der Waals surface area contributed by atoms with Crippen LogP contribution in [0.25, 0.3) is 0 Å². The minimum Gasteiger partial charge on any atom is -0.496 e. The molecular formula is C13H18FNO. The van der Waals surface area contributed by atoms with Gasteiger partial charge in [-0.2, -0.15) is 0 Å². The van der Waals surface area contributed by atoms with Crippen molar-refractivity contribution < 1.29 is 9.13 Å². The number of halogens is 1. The minimum absolute atomic E-state index is 0.0126. The molecule has 1 aromatic carbocycles. The van der Waals surface area contributed by atoms with E-state index in [1.165, 1.54) is 0 Å². The van der Waals surface area contributed by atoms with Gasteiger partial charge in [0.05, 0.1) is 7.11 Å². The van der Waals surface area contributed by atoms with Crippen LogP contribution in [0.15, 0.2) is 12.1 Å². The second kappa shape index (κ2) is 3.45. The summed E-state index contributed by atoms with van der Waals surface area (Å²) in [5, 5.41) is 0. The molecule has 2 N–H and O–H groups in total. The lowest BCUT2D eigenvalue weighted by molar-refractivity contribution is 0.401. The number of ether oxygens (including phenoxy) is 1. The Labute approximate surface area is 95.6 Å². The van der Waals surface area contributed by atoms with E-state index in [2.05, 4.69) is 13.8 Å². The van der Waals surface area contributed by atoms with Gasteiger partial charge in [0.15, 0.2) is 0 Å². The van der Waals surface area contributed by atoms with Gasteiger partial charge in [-0.1, -0.05) is 13.8 Å². The summed E-state index contributed by atoms with van der Waals surface area (Å²) >= 11 is 0. The number of benzene rings is 1. The van der Waals surface area contributed by atoms with Gasteiger partial charge in [-0.15, -0.1) is 0 Å². The quantitative estimate of drug-likeness (QED) is 0.836. The summed E-state index contributed by atoms with van der Waals surface area (Å²) in [6, 6.07) is 3.41. The molecule has 0 bridgehead atoms. The van der Waals surface area contributed by atoms with Gasteiger partial charge in [0.2, 0.25) is 0 Å². The van der Waals surface area contributed by atoms with Crippen LogP contribution >= 0.6 is 0 Å². The zero-order valence-electron chi connectivity index (χ0n) is 10.2. The van der Waals surface area contributed by atoms with Crippen molar-refractivity contribution in [2.75, 3.05) is 7.11 Å². The van der Waals surface area contributed by atoms with Crippen molar-refractivity contribution in [3.05, 3.63) is 29.1 Å². The Morgan fingerprint density at radius 1 is 1.38 bits per heavy atom. The number of nitrogens with two attached hydrogens (primary N) is 1. The first-order valence-electron chi connectivity index (χ1n) is 5.49. The lowest BCUT2D eigenvalue weighted by atomic mass is 10.00. The van der Waals surface area contributed by atoms with Gasteiger partial charge in [0, 0.05) is 17.5 Å². The summed E-state index contributed by atoms with van der Waals surface area (Å²) in [6.07, 6.45) is 0. The number of rotatable bonds is 2. The Morgan fingerprint density at radius 3 is 2.38 bits per heavy atom. The average molecular weight is 223 g/mol. The Bertz CT molecular complexity index is 428. The van der Waals surface area contributed by atoms with E-state index in [1.807, 2.05) is 13.0 Å². The van der Waals surface area contributed by atoms with Gasteiger partial charge in [0.25, 0.3) is 0 Å². The van der Waals surface area contributed by atoms with Crippen LogP contribution in [0, 0.1) is 18.2 Å². The molecule has 16 heavy (non-hydrogen) atoms. The molecule has 0 aromatic heterocycles. The molecule has 0 spiro atoms. The highest BCUT2D eigenvalue weighted by molar-refractivity contribution is 5.47. The Hall–Kier alpha value is -1.09. The van der Waals surface area contributed by atoms with Crippen LogP contribution in [0.3, 0.4) is 0 Å². The molecule has 2 rings (SSSR count). The van der Waals surface area contributed by atoms with E-state index in [0.29, 0.717) is 11.3 Å². The zero-order chi connectivity index (χ0) is 12.1. The third-order valence-electron chi connectivity index (χ3n) is 3.68. The fraction of sp³-hybridized carbons (Fsp3) is 0.538. The lowest BCUT2D eigenvalue weighted by Gasteiger charge is -2.11. The van der Waals surface area contributed by atoms with Crippen LogP contribution in [0.2, 0.25) is 0 Å². The van der Waals surface area contributed by atoms with E-state index in [9.17, 15) is 4.39 Å². The molecule has 88 valence electrons. The molecule has 2 atom stereocenters. The third-order valence-corrected chi connectivity index (χ3v) is 3.68. The highest BCUT2D eigenvalue weighted by Crippen LogP contribution is 2.59. The fourth-order valence-corrected chi connectivity index (χ4v) is 2.42. The number of hydrogen-bond donors (Lipinski definition) is 1. The van der Waals surface area contributed by atoms with Crippen molar-refractivity contribution in [3.63, 3.8) is 0 Å². The average Bonchev–Trinajstić information content (AvgIpc) is 2.66. The second-order valence-corrected chi connectivity index (χ2v) is 5.19. The summed E-state index contributed by atoms with van der Waals surface area (Å²) in [4.78, 5) is 0. The van der Waals surface area contributed by atoms with E-state index >= 15 is 0 Å². The van der Waals surface area contributed by atoms with Crippen molar-refractivity contribution in [2.45, 2.75) is 32.7 Å². The van der Waals surface area contributed by atoms with E-state index in [1.54, 1.807) is 13.2 Å². The van der Waals surface area contributed by atoms with E-state index in [-0.39, 0.29) is 23.2 Å². The monoisotopic (exact) mass is 223 g/mol. The van der Waals surface area contributed by atoms with Crippen LogP contribution in [0.5, 0.6) is 5.75 Å². The molecule has 0 radical (unpaired) electrons. The topological polar surface area (TPSA) is 35.2 Å². The summed E-state index contributed by atoms with van der Waals surface area (Å²) in [7, 11) is 1.57. The number of methoxy groups -OCH3 is 1. The van der Waals surface area contributed by atoms with Crippen LogP contribution in [-0.2, 0) is 0 Å². The molecular weight excluding hydrogens is 205 g/mol. The highest BCUT2D eigenvalue weighted by Gasteiger charge is 2.58. The summed E-state index contributed by atoms with van der Waals surface area (Å²) in [5.41, 5.74) is 7.44. The second-order valence-electron chi connectivity index (χ2n) is 5.19. The first-order valence-corrected chi connectivity index (χ1v) is 5.49. The van der Waals surface area contributed by atoms with Crippen LogP contribution in [0.1, 0.15) is 30.9 Å². The van der Waals surface area contributed by atoms with Crippen LogP contribution in [-0.4, -0.2) is 13.2 Å². The van der Waals surface area contributed by atoms with Gasteiger partial charge in [-0.25, -0.2) is 4.39 Å². The Balaban J connectivity index is 2.49. The van der Waals surface area contributed by atoms with Gasteiger partial charge in [-0.05, 0) is 30.0 Å². The van der Waals surface area contributed by atoms with Crippen molar-refractivity contribution in [1.29, 1.82) is 0 Å². The smallest absolute Gasteiger partial charge is 0.130 e. The molecule has 1 saturated carbocycles. The first-order chi connectivity index (χ1) is 7.39. The van der Waals surface area contributed by atoms with E-state index in [4.69, 9.17) is 10.5 Å². The van der Waals surface area contributed by atoms with E-state index in [0.717, 1.165) is 5.56 Å². The zero-order valence-corrected chi connectivity index (χ0v) is 10.2. The molecule has 1 aliphatic carbocycles.